The van der Waals surface area contributed by atoms with E-state index in [1.165, 1.54) is 44.3 Å². The van der Waals surface area contributed by atoms with Crippen molar-refractivity contribution in [3.05, 3.63) is 235 Å². The van der Waals surface area contributed by atoms with Crippen LogP contribution >= 0.6 is 0 Å². The predicted molar refractivity (Wildman–Crippen MR) is 234 cm³/mol. The van der Waals surface area contributed by atoms with Crippen LogP contribution in [0.25, 0.3) is 34.2 Å². The van der Waals surface area contributed by atoms with E-state index in [9.17, 15) is 0 Å². The number of anilines is 3. The summed E-state index contributed by atoms with van der Waals surface area (Å²) in [7, 11) is 0. The number of rotatable bonds is 6. The molecule has 5 heteroatoms. The molecule has 11 rings (SSSR count). The zero-order valence-corrected chi connectivity index (χ0v) is 31.1. The molecule has 3 heterocycles. The molecule has 0 radical (unpaired) electrons. The van der Waals surface area contributed by atoms with E-state index in [4.69, 9.17) is 15.0 Å². The highest BCUT2D eigenvalue weighted by molar-refractivity contribution is 6.98. The summed E-state index contributed by atoms with van der Waals surface area (Å²) in [6.45, 7) is -0.00548. The Balaban J connectivity index is 1.21. The minimum Gasteiger partial charge on any atom is -0.311 e. The summed E-state index contributed by atoms with van der Waals surface area (Å²) < 4.78 is 0. The Morgan fingerprint density at radius 2 is 0.860 bits per heavy atom. The van der Waals surface area contributed by atoms with E-state index in [0.717, 1.165) is 28.1 Å². The molecule has 1 aromatic heterocycles. The van der Waals surface area contributed by atoms with Gasteiger partial charge < -0.3 is 4.90 Å². The monoisotopic (exact) mass is 726 g/mol. The molecule has 0 amide bonds. The van der Waals surface area contributed by atoms with E-state index >= 15 is 0 Å². The number of hydrogen-bond donors (Lipinski definition) is 0. The fraction of sp³-hybridized carbons (Fsp3) is 0.0192. The maximum absolute atomic E-state index is 5.16. The molecule has 0 unspecified atom stereocenters. The largest absolute Gasteiger partial charge is 0.311 e. The van der Waals surface area contributed by atoms with Crippen molar-refractivity contribution >= 4 is 40.2 Å². The van der Waals surface area contributed by atoms with Crippen molar-refractivity contribution in [1.29, 1.82) is 0 Å². The number of fused-ring (bicyclic) bond motifs is 4. The molecule has 0 fully saturated rings. The smallest absolute Gasteiger partial charge is 0.246 e. The molecule has 2 aliphatic rings. The molecule has 0 N–H and O–H groups in total. The average molecular weight is 727 g/mol. The van der Waals surface area contributed by atoms with Gasteiger partial charge in [-0.05, 0) is 45.3 Å². The number of benzene rings is 8. The van der Waals surface area contributed by atoms with Crippen LogP contribution in [0, 0.1) is 0 Å². The second-order valence-corrected chi connectivity index (χ2v) is 14.7. The fourth-order valence-corrected chi connectivity index (χ4v) is 9.24. The van der Waals surface area contributed by atoms with Crippen molar-refractivity contribution in [2.24, 2.45) is 0 Å². The van der Waals surface area contributed by atoms with Gasteiger partial charge in [-0.2, -0.15) is 0 Å². The predicted octanol–water partition coefficient (Wildman–Crippen LogP) is 9.87. The van der Waals surface area contributed by atoms with E-state index in [1.807, 2.05) is 36.4 Å². The summed E-state index contributed by atoms with van der Waals surface area (Å²) in [5, 5.41) is 0. The lowest BCUT2D eigenvalue weighted by molar-refractivity contribution is 0.732. The standard InChI is InChI=1S/C52H35BN4/c1-6-19-36(20-7-1)49-54-50(37-21-8-2-9-22-37)56-51(55-49)38-33-34-44-47(35-38)57-46-32-17-16-29-42(46)52(39-23-10-3-11-24-39,40-25-12-4-13-26-40)43-30-18-31-45(48(43)57)53(44)41-27-14-5-15-28-41/h1-35H. The summed E-state index contributed by atoms with van der Waals surface area (Å²) in [5.41, 5.74) is 14.5. The molecule has 8 aromatic carbocycles. The first kappa shape index (κ1) is 33.0. The topological polar surface area (TPSA) is 41.9 Å². The van der Waals surface area contributed by atoms with Gasteiger partial charge in [0.1, 0.15) is 0 Å². The number of hydrogen-bond acceptors (Lipinski definition) is 4. The lowest BCUT2D eigenvalue weighted by Gasteiger charge is -2.50. The normalized spacial score (nSPS) is 13.3. The Bertz CT molecular complexity index is 2810. The van der Waals surface area contributed by atoms with Crippen molar-refractivity contribution in [2.75, 3.05) is 4.90 Å². The highest BCUT2D eigenvalue weighted by Gasteiger charge is 2.50. The van der Waals surface area contributed by atoms with Gasteiger partial charge in [0.05, 0.1) is 11.1 Å². The van der Waals surface area contributed by atoms with Gasteiger partial charge in [-0.25, -0.2) is 15.0 Å². The van der Waals surface area contributed by atoms with E-state index in [0.29, 0.717) is 17.5 Å². The summed E-state index contributed by atoms with van der Waals surface area (Å²) >= 11 is 0. The Morgan fingerprint density at radius 1 is 0.368 bits per heavy atom. The van der Waals surface area contributed by atoms with Crippen LogP contribution in [0.4, 0.5) is 17.1 Å². The fourth-order valence-electron chi connectivity index (χ4n) is 9.24. The first-order valence-corrected chi connectivity index (χ1v) is 19.5. The summed E-state index contributed by atoms with van der Waals surface area (Å²) in [5.74, 6) is 1.92. The third-order valence-electron chi connectivity index (χ3n) is 11.6. The molecule has 0 spiro atoms. The zero-order valence-electron chi connectivity index (χ0n) is 31.1. The van der Waals surface area contributed by atoms with Crippen molar-refractivity contribution < 1.29 is 0 Å². The van der Waals surface area contributed by atoms with Crippen LogP contribution in [0.1, 0.15) is 22.3 Å². The van der Waals surface area contributed by atoms with Gasteiger partial charge >= 0.3 is 0 Å². The molecule has 0 aliphatic carbocycles. The van der Waals surface area contributed by atoms with Crippen LogP contribution in [0.3, 0.4) is 0 Å². The maximum atomic E-state index is 5.16. The number of nitrogens with zero attached hydrogens (tertiary/aromatic N) is 4. The molecule has 4 nitrogen and oxygen atoms in total. The van der Waals surface area contributed by atoms with Gasteiger partial charge in [-0.15, -0.1) is 0 Å². The van der Waals surface area contributed by atoms with Crippen molar-refractivity contribution in [1.82, 2.24) is 15.0 Å². The second-order valence-electron chi connectivity index (χ2n) is 14.7. The molecule has 0 saturated heterocycles. The first-order chi connectivity index (χ1) is 28.3. The maximum Gasteiger partial charge on any atom is 0.246 e. The average Bonchev–Trinajstić information content (AvgIpc) is 3.30. The Labute approximate surface area is 332 Å². The highest BCUT2D eigenvalue weighted by atomic mass is 15.2. The van der Waals surface area contributed by atoms with Crippen LogP contribution in [0.2, 0.25) is 0 Å². The highest BCUT2D eigenvalue weighted by Crippen LogP contribution is 2.57. The third kappa shape index (κ3) is 5.20. The Morgan fingerprint density at radius 3 is 1.46 bits per heavy atom. The van der Waals surface area contributed by atoms with E-state index in [2.05, 4.69) is 181 Å². The number of aromatic nitrogens is 3. The lowest BCUT2D eigenvalue weighted by Crippen LogP contribution is -2.59. The molecule has 0 atom stereocenters. The van der Waals surface area contributed by atoms with Crippen LogP contribution < -0.4 is 21.3 Å². The molecule has 0 bridgehead atoms. The van der Waals surface area contributed by atoms with Gasteiger partial charge in [-0.3, -0.25) is 0 Å². The molecule has 2 aliphatic heterocycles. The lowest BCUT2D eigenvalue weighted by atomic mass is 9.34. The van der Waals surface area contributed by atoms with Crippen LogP contribution in [0.5, 0.6) is 0 Å². The van der Waals surface area contributed by atoms with Gasteiger partial charge in [-0.1, -0.05) is 206 Å². The third-order valence-corrected chi connectivity index (χ3v) is 11.6. The van der Waals surface area contributed by atoms with E-state index < -0.39 is 5.41 Å². The number of para-hydroxylation sites is 2. The summed E-state index contributed by atoms with van der Waals surface area (Å²) in [6, 6.07) is 76.0. The SMILES string of the molecule is c1ccc(B2c3ccc(-c4nc(-c5ccccc5)nc(-c5ccccc5)n4)cc3N3c4ccccc4C(c4ccccc4)(c4ccccc4)c4cccc2c43)cc1. The Hall–Kier alpha value is -7.37. The van der Waals surface area contributed by atoms with Gasteiger partial charge in [0.2, 0.25) is 6.71 Å². The quantitative estimate of drug-likeness (QED) is 0.160. The molecule has 57 heavy (non-hydrogen) atoms. The zero-order chi connectivity index (χ0) is 37.8. The van der Waals surface area contributed by atoms with E-state index in [-0.39, 0.29) is 6.71 Å². The molecular weight excluding hydrogens is 691 g/mol. The van der Waals surface area contributed by atoms with Crippen molar-refractivity contribution in [2.45, 2.75) is 5.41 Å². The summed E-state index contributed by atoms with van der Waals surface area (Å²) in [4.78, 5) is 17.8. The second kappa shape index (κ2) is 13.4. The Kier molecular flexibility index (Phi) is 7.78. The van der Waals surface area contributed by atoms with Gasteiger partial charge in [0, 0.05) is 28.1 Å². The minimum absolute atomic E-state index is 0.00548. The summed E-state index contributed by atoms with van der Waals surface area (Å²) in [6.07, 6.45) is 0. The van der Waals surface area contributed by atoms with E-state index in [1.54, 1.807) is 0 Å². The molecule has 0 saturated carbocycles. The van der Waals surface area contributed by atoms with Crippen LogP contribution in [-0.4, -0.2) is 21.7 Å². The van der Waals surface area contributed by atoms with Crippen molar-refractivity contribution in [3.63, 3.8) is 0 Å². The van der Waals surface area contributed by atoms with Gasteiger partial charge in [0.15, 0.2) is 17.5 Å². The van der Waals surface area contributed by atoms with Crippen LogP contribution in [0.15, 0.2) is 212 Å². The first-order valence-electron chi connectivity index (χ1n) is 19.5. The van der Waals surface area contributed by atoms with Gasteiger partial charge in [0.25, 0.3) is 0 Å². The molecule has 266 valence electrons. The van der Waals surface area contributed by atoms with Crippen molar-refractivity contribution in [3.8, 4) is 34.2 Å². The molecular formula is C52H35BN4. The van der Waals surface area contributed by atoms with Crippen LogP contribution in [-0.2, 0) is 5.41 Å². The molecule has 9 aromatic rings. The minimum atomic E-state index is -0.569.